The Morgan fingerprint density at radius 3 is 2.35 bits per heavy atom. The van der Waals surface area contributed by atoms with Gasteiger partial charge in [-0.05, 0) is 66.6 Å². The maximum atomic E-state index is 13.4. The van der Waals surface area contributed by atoms with Gasteiger partial charge in [-0.25, -0.2) is 9.18 Å². The van der Waals surface area contributed by atoms with Gasteiger partial charge in [0.15, 0.2) is 0 Å². The molecule has 5 nitrogen and oxygen atoms in total. The van der Waals surface area contributed by atoms with Crippen molar-refractivity contribution in [2.24, 2.45) is 0 Å². The third-order valence-corrected chi connectivity index (χ3v) is 4.94. The topological polar surface area (TPSA) is 61.4 Å². The number of carbonyl (C=O) groups excluding carboxylic acids is 2. The van der Waals surface area contributed by atoms with Crippen molar-refractivity contribution in [3.8, 4) is 0 Å². The molecule has 0 aliphatic rings. The second-order valence-electron chi connectivity index (χ2n) is 6.87. The lowest BCUT2D eigenvalue weighted by molar-refractivity contribution is 0.0954. The van der Waals surface area contributed by atoms with Gasteiger partial charge in [-0.1, -0.05) is 36.7 Å². The average Bonchev–Trinajstić information content (AvgIpc) is 2.77. The largest absolute Gasteiger partial charge is 0.350 e. The van der Waals surface area contributed by atoms with Crippen LogP contribution < -0.4 is 15.5 Å². The van der Waals surface area contributed by atoms with Gasteiger partial charge in [0.2, 0.25) is 0 Å². The fraction of sp³-hybridized carbons (Fsp3) is 0.167. The summed E-state index contributed by atoms with van der Waals surface area (Å²) in [5.74, 6) is -0.625. The molecule has 0 saturated heterocycles. The quantitative estimate of drug-likeness (QED) is 0.510. The van der Waals surface area contributed by atoms with Crippen molar-refractivity contribution in [1.82, 2.24) is 5.32 Å². The summed E-state index contributed by atoms with van der Waals surface area (Å²) in [7, 11) is 0. The van der Waals surface area contributed by atoms with Crippen LogP contribution in [-0.4, -0.2) is 25.0 Å². The molecule has 0 heterocycles. The molecule has 31 heavy (non-hydrogen) atoms. The molecule has 0 aliphatic heterocycles. The highest BCUT2D eigenvalue weighted by atomic mass is 35.5. The van der Waals surface area contributed by atoms with Crippen LogP contribution in [-0.2, 0) is 6.42 Å². The van der Waals surface area contributed by atoms with E-state index in [0.717, 1.165) is 12.0 Å². The number of benzene rings is 3. The molecule has 3 aromatic rings. The number of aryl methyl sites for hydroxylation is 1. The van der Waals surface area contributed by atoms with Crippen molar-refractivity contribution in [3.63, 3.8) is 0 Å². The van der Waals surface area contributed by atoms with Crippen LogP contribution in [0, 0.1) is 5.82 Å². The van der Waals surface area contributed by atoms with Gasteiger partial charge in [0, 0.05) is 35.1 Å². The Morgan fingerprint density at radius 2 is 1.71 bits per heavy atom. The Balaban J connectivity index is 1.68. The molecule has 0 unspecified atom stereocenters. The van der Waals surface area contributed by atoms with Crippen LogP contribution in [0.25, 0.3) is 0 Å². The molecule has 7 heteroatoms. The van der Waals surface area contributed by atoms with E-state index in [1.54, 1.807) is 36.4 Å². The first-order valence-electron chi connectivity index (χ1n) is 9.93. The van der Waals surface area contributed by atoms with Crippen molar-refractivity contribution in [2.45, 2.75) is 13.3 Å². The Morgan fingerprint density at radius 1 is 1.00 bits per heavy atom. The van der Waals surface area contributed by atoms with Gasteiger partial charge >= 0.3 is 6.03 Å². The molecule has 0 aliphatic carbocycles. The highest BCUT2D eigenvalue weighted by Crippen LogP contribution is 2.19. The highest BCUT2D eigenvalue weighted by Gasteiger charge is 2.17. The molecular weight excluding hydrogens is 417 g/mol. The van der Waals surface area contributed by atoms with Crippen molar-refractivity contribution in [3.05, 3.63) is 94.8 Å². The van der Waals surface area contributed by atoms with Crippen LogP contribution in [0.2, 0.25) is 5.02 Å². The van der Waals surface area contributed by atoms with E-state index in [2.05, 4.69) is 10.6 Å². The van der Waals surface area contributed by atoms with Crippen molar-refractivity contribution in [2.75, 3.05) is 23.3 Å². The first-order chi connectivity index (χ1) is 15.0. The summed E-state index contributed by atoms with van der Waals surface area (Å²) in [4.78, 5) is 26.7. The molecule has 0 saturated carbocycles. The molecule has 3 amide bonds. The van der Waals surface area contributed by atoms with Crippen LogP contribution in [0.3, 0.4) is 0 Å². The SMILES string of the molecule is CCc1ccc(C(=O)NCCN(C(=O)Nc2cccc(Cl)c2)c2ccc(F)cc2)cc1. The lowest BCUT2D eigenvalue weighted by atomic mass is 10.1. The van der Waals surface area contributed by atoms with E-state index in [-0.39, 0.29) is 19.0 Å². The van der Waals surface area contributed by atoms with E-state index < -0.39 is 11.8 Å². The summed E-state index contributed by atoms with van der Waals surface area (Å²) in [6.07, 6.45) is 0.899. The van der Waals surface area contributed by atoms with Gasteiger partial charge < -0.3 is 10.6 Å². The zero-order valence-corrected chi connectivity index (χ0v) is 17.8. The summed E-state index contributed by atoms with van der Waals surface area (Å²) in [5, 5.41) is 6.09. The third-order valence-electron chi connectivity index (χ3n) is 4.70. The molecule has 0 radical (unpaired) electrons. The lowest BCUT2D eigenvalue weighted by Crippen LogP contribution is -2.41. The smallest absolute Gasteiger partial charge is 0.326 e. The molecule has 2 N–H and O–H groups in total. The summed E-state index contributed by atoms with van der Waals surface area (Å²) < 4.78 is 13.4. The zero-order chi connectivity index (χ0) is 22.2. The minimum Gasteiger partial charge on any atom is -0.350 e. The van der Waals surface area contributed by atoms with E-state index in [4.69, 9.17) is 11.6 Å². The maximum absolute atomic E-state index is 13.4. The standard InChI is InChI=1S/C24H23ClFN3O2/c1-2-17-6-8-18(9-7-17)23(30)27-14-15-29(22-12-10-20(26)11-13-22)24(31)28-21-5-3-4-19(25)16-21/h3-13,16H,2,14-15H2,1H3,(H,27,30)(H,28,31). The van der Waals surface area contributed by atoms with E-state index in [0.29, 0.717) is 22.0 Å². The maximum Gasteiger partial charge on any atom is 0.326 e. The Labute approximate surface area is 185 Å². The zero-order valence-electron chi connectivity index (χ0n) is 17.1. The van der Waals surface area contributed by atoms with Gasteiger partial charge in [-0.3, -0.25) is 9.69 Å². The summed E-state index contributed by atoms with van der Waals surface area (Å²) >= 11 is 5.98. The minimum atomic E-state index is -0.421. The van der Waals surface area contributed by atoms with Crippen molar-refractivity contribution in [1.29, 1.82) is 0 Å². The fourth-order valence-electron chi connectivity index (χ4n) is 3.00. The second-order valence-corrected chi connectivity index (χ2v) is 7.31. The van der Waals surface area contributed by atoms with Crippen LogP contribution >= 0.6 is 11.6 Å². The number of anilines is 2. The highest BCUT2D eigenvalue weighted by molar-refractivity contribution is 6.30. The molecule has 3 rings (SSSR count). The summed E-state index contributed by atoms with van der Waals surface area (Å²) in [6.45, 7) is 2.46. The van der Waals surface area contributed by atoms with Crippen LogP contribution in [0.15, 0.2) is 72.8 Å². The number of nitrogens with zero attached hydrogens (tertiary/aromatic N) is 1. The molecule has 160 valence electrons. The number of amides is 3. The molecule has 0 atom stereocenters. The van der Waals surface area contributed by atoms with Gasteiger partial charge in [0.1, 0.15) is 5.82 Å². The molecule has 0 fully saturated rings. The van der Waals surface area contributed by atoms with Gasteiger partial charge in [0.25, 0.3) is 5.91 Å². The number of hydrogen-bond donors (Lipinski definition) is 2. The van der Waals surface area contributed by atoms with Crippen molar-refractivity contribution >= 4 is 34.9 Å². The van der Waals surface area contributed by atoms with E-state index >= 15 is 0 Å². The number of halogens is 2. The van der Waals surface area contributed by atoms with Gasteiger partial charge in [-0.2, -0.15) is 0 Å². The Bertz CT molecular complexity index is 1040. The lowest BCUT2D eigenvalue weighted by Gasteiger charge is -2.23. The van der Waals surface area contributed by atoms with Crippen LogP contribution in [0.5, 0.6) is 0 Å². The minimum absolute atomic E-state index is 0.191. The van der Waals surface area contributed by atoms with Gasteiger partial charge in [0.05, 0.1) is 0 Å². The predicted octanol–water partition coefficient (Wildman–Crippen LogP) is 5.51. The van der Waals surface area contributed by atoms with Gasteiger partial charge in [-0.15, -0.1) is 0 Å². The monoisotopic (exact) mass is 439 g/mol. The van der Waals surface area contributed by atoms with Crippen LogP contribution in [0.1, 0.15) is 22.8 Å². The summed E-state index contributed by atoms with van der Waals surface area (Å²) in [6, 6.07) is 19.3. The molecule has 0 aromatic heterocycles. The van der Waals surface area contributed by atoms with Crippen LogP contribution in [0.4, 0.5) is 20.6 Å². The number of nitrogens with one attached hydrogen (secondary N) is 2. The molecular formula is C24H23ClFN3O2. The van der Waals surface area contributed by atoms with E-state index in [1.165, 1.54) is 29.2 Å². The van der Waals surface area contributed by atoms with E-state index in [9.17, 15) is 14.0 Å². The first kappa shape index (κ1) is 22.3. The number of urea groups is 1. The predicted molar refractivity (Wildman–Crippen MR) is 122 cm³/mol. The average molecular weight is 440 g/mol. The fourth-order valence-corrected chi connectivity index (χ4v) is 3.19. The number of rotatable bonds is 7. The Kier molecular flexibility index (Phi) is 7.62. The number of hydrogen-bond acceptors (Lipinski definition) is 2. The first-order valence-corrected chi connectivity index (χ1v) is 10.3. The molecule has 0 bridgehead atoms. The Hall–Kier alpha value is -3.38. The number of carbonyl (C=O) groups is 2. The normalized spacial score (nSPS) is 10.4. The van der Waals surface area contributed by atoms with Crippen molar-refractivity contribution < 1.29 is 14.0 Å². The molecule has 0 spiro atoms. The molecule has 3 aromatic carbocycles. The third kappa shape index (κ3) is 6.30. The second kappa shape index (κ2) is 10.6. The van der Waals surface area contributed by atoms with E-state index in [1.807, 2.05) is 19.1 Å². The summed E-state index contributed by atoms with van der Waals surface area (Å²) in [5.41, 5.74) is 2.73.